The number of aryl methyl sites for hydroxylation is 1. The quantitative estimate of drug-likeness (QED) is 0.835. The molecule has 0 radical (unpaired) electrons. The molecule has 0 saturated carbocycles. The molecule has 0 aliphatic rings. The maximum absolute atomic E-state index is 13.6. The summed E-state index contributed by atoms with van der Waals surface area (Å²) in [5, 5.41) is 9.72. The van der Waals surface area contributed by atoms with Crippen molar-refractivity contribution in [3.63, 3.8) is 0 Å². The Bertz CT molecular complexity index is 380. The molecule has 2 nitrogen and oxygen atoms in total. The number of rotatable bonds is 3. The fourth-order valence-corrected chi connectivity index (χ4v) is 1.52. The summed E-state index contributed by atoms with van der Waals surface area (Å²) in [7, 11) is 0. The van der Waals surface area contributed by atoms with Gasteiger partial charge in [0.1, 0.15) is 0 Å². The van der Waals surface area contributed by atoms with Crippen molar-refractivity contribution in [3.05, 3.63) is 34.9 Å². The van der Waals surface area contributed by atoms with Gasteiger partial charge in [0.2, 0.25) is 0 Å². The van der Waals surface area contributed by atoms with Crippen LogP contribution in [-0.2, 0) is 0 Å². The van der Waals surface area contributed by atoms with Crippen molar-refractivity contribution in [2.24, 2.45) is 11.7 Å². The molecule has 1 aromatic carbocycles. The first-order valence-electron chi connectivity index (χ1n) is 5.24. The highest BCUT2D eigenvalue weighted by molar-refractivity contribution is 5.28. The lowest BCUT2D eigenvalue weighted by Gasteiger charge is -2.23. The van der Waals surface area contributed by atoms with E-state index in [-0.39, 0.29) is 17.0 Å². The number of halogens is 2. The molecular weight excluding hydrogens is 212 g/mol. The lowest BCUT2D eigenvalue weighted by atomic mass is 9.93. The molecule has 0 aliphatic carbocycles. The number of hydrogen-bond donors (Lipinski definition) is 2. The van der Waals surface area contributed by atoms with Crippen molar-refractivity contribution in [2.45, 2.75) is 32.9 Å². The van der Waals surface area contributed by atoms with Gasteiger partial charge in [-0.3, -0.25) is 0 Å². The van der Waals surface area contributed by atoms with Crippen LogP contribution in [0, 0.1) is 24.5 Å². The van der Waals surface area contributed by atoms with E-state index in [1.54, 1.807) is 13.8 Å². The van der Waals surface area contributed by atoms with Gasteiger partial charge in [-0.15, -0.1) is 0 Å². The van der Waals surface area contributed by atoms with Crippen LogP contribution in [0.5, 0.6) is 0 Å². The average molecular weight is 229 g/mol. The van der Waals surface area contributed by atoms with Gasteiger partial charge < -0.3 is 10.8 Å². The summed E-state index contributed by atoms with van der Waals surface area (Å²) in [4.78, 5) is 0. The Balaban J connectivity index is 3.10. The number of aliphatic hydroxyl groups excluding tert-OH is 1. The maximum atomic E-state index is 13.6. The lowest BCUT2D eigenvalue weighted by Crippen LogP contribution is -2.31. The van der Waals surface area contributed by atoms with Gasteiger partial charge in [0, 0.05) is 5.56 Å². The van der Waals surface area contributed by atoms with Crippen LogP contribution in [0.3, 0.4) is 0 Å². The molecule has 2 atom stereocenters. The van der Waals surface area contributed by atoms with Gasteiger partial charge in [0.15, 0.2) is 11.6 Å². The predicted molar refractivity (Wildman–Crippen MR) is 58.9 cm³/mol. The molecule has 0 saturated heterocycles. The zero-order valence-corrected chi connectivity index (χ0v) is 9.67. The fourth-order valence-electron chi connectivity index (χ4n) is 1.52. The Morgan fingerprint density at radius 3 is 2.25 bits per heavy atom. The molecule has 0 fully saturated rings. The van der Waals surface area contributed by atoms with Crippen molar-refractivity contribution >= 4 is 0 Å². The summed E-state index contributed by atoms with van der Waals surface area (Å²) in [6.45, 7) is 5.02. The second-order valence-electron chi connectivity index (χ2n) is 4.36. The van der Waals surface area contributed by atoms with Crippen molar-refractivity contribution in [1.29, 1.82) is 0 Å². The first kappa shape index (κ1) is 13.1. The summed E-state index contributed by atoms with van der Waals surface area (Å²) in [5.74, 6) is -1.98. The van der Waals surface area contributed by atoms with Crippen molar-refractivity contribution in [2.75, 3.05) is 0 Å². The van der Waals surface area contributed by atoms with Crippen LogP contribution >= 0.6 is 0 Å². The number of benzene rings is 1. The summed E-state index contributed by atoms with van der Waals surface area (Å²) >= 11 is 0. The van der Waals surface area contributed by atoms with E-state index in [4.69, 9.17) is 5.73 Å². The highest BCUT2D eigenvalue weighted by Gasteiger charge is 2.24. The Kier molecular flexibility index (Phi) is 3.99. The molecule has 0 aliphatic heterocycles. The average Bonchev–Trinajstić information content (AvgIpc) is 2.24. The first-order valence-corrected chi connectivity index (χ1v) is 5.24. The second kappa shape index (κ2) is 4.89. The molecule has 3 N–H and O–H groups in total. The molecule has 4 heteroatoms. The summed E-state index contributed by atoms with van der Waals surface area (Å²) in [6, 6.07) is 1.97. The van der Waals surface area contributed by atoms with Crippen molar-refractivity contribution in [1.82, 2.24) is 0 Å². The van der Waals surface area contributed by atoms with Gasteiger partial charge in [-0.05, 0) is 18.4 Å². The van der Waals surface area contributed by atoms with E-state index < -0.39 is 23.8 Å². The van der Waals surface area contributed by atoms with Crippen LogP contribution in [0.15, 0.2) is 12.1 Å². The molecule has 0 aromatic heterocycles. The SMILES string of the molecule is Cc1ccc([C@@H](N)[C@@H](O)C(C)C)c(F)c1F. The van der Waals surface area contributed by atoms with Crippen LogP contribution in [0.2, 0.25) is 0 Å². The van der Waals surface area contributed by atoms with E-state index in [1.807, 2.05) is 0 Å². The smallest absolute Gasteiger partial charge is 0.163 e. The third kappa shape index (κ3) is 2.39. The van der Waals surface area contributed by atoms with Gasteiger partial charge in [0.25, 0.3) is 0 Å². The maximum Gasteiger partial charge on any atom is 0.163 e. The normalized spacial score (nSPS) is 15.2. The van der Waals surface area contributed by atoms with Crippen LogP contribution in [-0.4, -0.2) is 11.2 Å². The number of nitrogens with two attached hydrogens (primary N) is 1. The highest BCUT2D eigenvalue weighted by atomic mass is 19.2. The van der Waals surface area contributed by atoms with Crippen LogP contribution < -0.4 is 5.73 Å². The third-order valence-electron chi connectivity index (χ3n) is 2.72. The Hall–Kier alpha value is -1.00. The van der Waals surface area contributed by atoms with E-state index in [2.05, 4.69) is 0 Å². The van der Waals surface area contributed by atoms with Crippen molar-refractivity contribution < 1.29 is 13.9 Å². The molecular formula is C12H17F2NO. The minimum absolute atomic E-state index is 0.0179. The summed E-state index contributed by atoms with van der Waals surface area (Å²) < 4.78 is 26.9. The Morgan fingerprint density at radius 1 is 1.19 bits per heavy atom. The molecule has 0 unspecified atom stereocenters. The van der Waals surface area contributed by atoms with Crippen molar-refractivity contribution in [3.8, 4) is 0 Å². The van der Waals surface area contributed by atoms with Gasteiger partial charge >= 0.3 is 0 Å². The molecule has 0 spiro atoms. The number of hydrogen-bond acceptors (Lipinski definition) is 2. The fraction of sp³-hybridized carbons (Fsp3) is 0.500. The summed E-state index contributed by atoms with van der Waals surface area (Å²) in [5.41, 5.74) is 5.95. The molecule has 1 rings (SSSR count). The summed E-state index contributed by atoms with van der Waals surface area (Å²) in [6.07, 6.45) is -0.892. The monoisotopic (exact) mass is 229 g/mol. The van der Waals surface area contributed by atoms with E-state index in [0.29, 0.717) is 0 Å². The first-order chi connectivity index (χ1) is 7.36. The van der Waals surface area contributed by atoms with Crippen LogP contribution in [0.1, 0.15) is 31.0 Å². The molecule has 0 bridgehead atoms. The minimum atomic E-state index is -0.966. The Morgan fingerprint density at radius 2 is 1.75 bits per heavy atom. The number of aliphatic hydroxyl groups is 1. The molecule has 0 heterocycles. The van der Waals surface area contributed by atoms with Gasteiger partial charge in [-0.1, -0.05) is 26.0 Å². The zero-order valence-electron chi connectivity index (χ0n) is 9.67. The van der Waals surface area contributed by atoms with E-state index in [1.165, 1.54) is 19.1 Å². The minimum Gasteiger partial charge on any atom is -0.391 e. The lowest BCUT2D eigenvalue weighted by molar-refractivity contribution is 0.0963. The Labute approximate surface area is 94.1 Å². The second-order valence-corrected chi connectivity index (χ2v) is 4.36. The highest BCUT2D eigenvalue weighted by Crippen LogP contribution is 2.25. The molecule has 1 aromatic rings. The van der Waals surface area contributed by atoms with Gasteiger partial charge in [-0.2, -0.15) is 0 Å². The topological polar surface area (TPSA) is 46.2 Å². The zero-order chi connectivity index (χ0) is 12.5. The van der Waals surface area contributed by atoms with E-state index >= 15 is 0 Å². The predicted octanol–water partition coefficient (Wildman–Crippen LogP) is 2.29. The van der Waals surface area contributed by atoms with Crippen LogP contribution in [0.25, 0.3) is 0 Å². The van der Waals surface area contributed by atoms with E-state index in [9.17, 15) is 13.9 Å². The standard InChI is InChI=1S/C12H17F2NO/c1-6(2)12(16)11(15)8-5-4-7(3)9(13)10(8)14/h4-6,11-12,16H,15H2,1-3H3/t11-,12+/m1/s1. The third-order valence-corrected chi connectivity index (χ3v) is 2.72. The molecule has 90 valence electrons. The van der Waals surface area contributed by atoms with Crippen LogP contribution in [0.4, 0.5) is 8.78 Å². The van der Waals surface area contributed by atoms with E-state index in [0.717, 1.165) is 0 Å². The van der Waals surface area contributed by atoms with Gasteiger partial charge in [-0.25, -0.2) is 8.78 Å². The van der Waals surface area contributed by atoms with Gasteiger partial charge in [0.05, 0.1) is 12.1 Å². The largest absolute Gasteiger partial charge is 0.391 e. The molecule has 16 heavy (non-hydrogen) atoms. The molecule has 0 amide bonds.